The van der Waals surface area contributed by atoms with E-state index >= 15 is 0 Å². The molecular weight excluding hydrogens is 240 g/mol. The normalized spacial score (nSPS) is 22.2. The van der Waals surface area contributed by atoms with Gasteiger partial charge in [0.15, 0.2) is 0 Å². The van der Waals surface area contributed by atoms with Crippen molar-refractivity contribution in [2.75, 3.05) is 13.2 Å². The van der Waals surface area contributed by atoms with Crippen LogP contribution in [0.4, 0.5) is 0 Å². The Morgan fingerprint density at radius 3 is 2.89 bits per heavy atom. The second-order valence-corrected chi connectivity index (χ2v) is 5.08. The molecule has 2 atom stereocenters. The topological polar surface area (TPSA) is 64.3 Å². The van der Waals surface area contributed by atoms with Crippen molar-refractivity contribution < 1.29 is 9.53 Å². The smallest absolute Gasteiger partial charge is 0.255 e. The monoisotopic (exact) mass is 262 g/mol. The van der Waals surface area contributed by atoms with Crippen molar-refractivity contribution in [1.29, 1.82) is 0 Å². The molecular formula is C15H22N2O2. The van der Waals surface area contributed by atoms with E-state index in [0.29, 0.717) is 36.4 Å². The first kappa shape index (κ1) is 13.9. The van der Waals surface area contributed by atoms with E-state index in [1.165, 1.54) is 0 Å². The van der Waals surface area contributed by atoms with Crippen molar-refractivity contribution in [3.63, 3.8) is 0 Å². The minimum atomic E-state index is -0.0653. The van der Waals surface area contributed by atoms with E-state index < -0.39 is 0 Å². The molecule has 1 aliphatic rings. The van der Waals surface area contributed by atoms with Gasteiger partial charge in [0.25, 0.3) is 5.91 Å². The highest BCUT2D eigenvalue weighted by atomic mass is 16.5. The van der Waals surface area contributed by atoms with Gasteiger partial charge in [0.2, 0.25) is 0 Å². The van der Waals surface area contributed by atoms with Crippen LogP contribution in [0.25, 0.3) is 0 Å². The molecule has 0 aliphatic heterocycles. The fourth-order valence-electron chi connectivity index (χ4n) is 2.57. The van der Waals surface area contributed by atoms with Crippen LogP contribution in [0.5, 0.6) is 5.75 Å². The van der Waals surface area contributed by atoms with Gasteiger partial charge in [-0.3, -0.25) is 4.79 Å². The molecule has 1 amide bonds. The standard InChI is InChI=1S/C15H22N2O2/c1-2-19-14-6-4-3-5-13(14)15(18)17-10-11-7-8-12(16)9-11/h3-6,11-12H,2,7-10,16H2,1H3,(H,17,18). The molecule has 19 heavy (non-hydrogen) atoms. The Balaban J connectivity index is 1.92. The van der Waals surface area contributed by atoms with Crippen molar-refractivity contribution in [3.05, 3.63) is 29.8 Å². The zero-order valence-electron chi connectivity index (χ0n) is 11.4. The average molecular weight is 262 g/mol. The molecule has 3 N–H and O–H groups in total. The van der Waals surface area contributed by atoms with E-state index in [0.717, 1.165) is 19.3 Å². The molecule has 1 aromatic rings. The summed E-state index contributed by atoms with van der Waals surface area (Å²) in [5.74, 6) is 1.09. The lowest BCUT2D eigenvalue weighted by Gasteiger charge is -2.13. The summed E-state index contributed by atoms with van der Waals surface area (Å²) in [5, 5.41) is 2.99. The minimum absolute atomic E-state index is 0.0653. The van der Waals surface area contributed by atoms with Crippen LogP contribution in [0.2, 0.25) is 0 Å². The molecule has 0 saturated heterocycles. The highest BCUT2D eigenvalue weighted by Gasteiger charge is 2.22. The quantitative estimate of drug-likeness (QED) is 0.852. The molecule has 4 nitrogen and oxygen atoms in total. The van der Waals surface area contributed by atoms with Crippen LogP contribution in [-0.2, 0) is 0 Å². The Hall–Kier alpha value is -1.55. The predicted molar refractivity (Wildman–Crippen MR) is 75.3 cm³/mol. The first-order valence-electron chi connectivity index (χ1n) is 6.96. The van der Waals surface area contributed by atoms with E-state index in [1.54, 1.807) is 6.07 Å². The Morgan fingerprint density at radius 1 is 1.42 bits per heavy atom. The summed E-state index contributed by atoms with van der Waals surface area (Å²) in [6.45, 7) is 3.17. The number of para-hydroxylation sites is 1. The van der Waals surface area contributed by atoms with Crippen molar-refractivity contribution in [1.82, 2.24) is 5.32 Å². The Kier molecular flexibility index (Phi) is 4.80. The number of amides is 1. The summed E-state index contributed by atoms with van der Waals surface area (Å²) in [6.07, 6.45) is 3.18. The summed E-state index contributed by atoms with van der Waals surface area (Å²) in [4.78, 5) is 12.2. The van der Waals surface area contributed by atoms with Crippen LogP contribution in [0.1, 0.15) is 36.5 Å². The van der Waals surface area contributed by atoms with Gasteiger partial charge in [-0.2, -0.15) is 0 Å². The first-order chi connectivity index (χ1) is 9.20. The summed E-state index contributed by atoms with van der Waals surface area (Å²) in [6, 6.07) is 7.64. The third-order valence-electron chi connectivity index (χ3n) is 3.56. The maximum Gasteiger partial charge on any atom is 0.255 e. The molecule has 4 heteroatoms. The van der Waals surface area contributed by atoms with E-state index in [9.17, 15) is 4.79 Å². The SMILES string of the molecule is CCOc1ccccc1C(=O)NCC1CCC(N)C1. The largest absolute Gasteiger partial charge is 0.493 e. The van der Waals surface area contributed by atoms with Crippen LogP contribution in [0.3, 0.4) is 0 Å². The Bertz CT molecular complexity index is 434. The van der Waals surface area contributed by atoms with E-state index in [1.807, 2.05) is 25.1 Å². The first-order valence-corrected chi connectivity index (χ1v) is 6.96. The fraction of sp³-hybridized carbons (Fsp3) is 0.533. The van der Waals surface area contributed by atoms with E-state index in [2.05, 4.69) is 5.32 Å². The maximum atomic E-state index is 12.2. The van der Waals surface area contributed by atoms with E-state index in [-0.39, 0.29) is 5.91 Å². The molecule has 1 aromatic carbocycles. The predicted octanol–water partition coefficient (Wildman–Crippen LogP) is 1.94. The molecule has 104 valence electrons. The number of carbonyl (C=O) groups excluding carboxylic acids is 1. The second kappa shape index (κ2) is 6.57. The number of nitrogens with two attached hydrogens (primary N) is 1. The number of rotatable bonds is 5. The van der Waals surface area contributed by atoms with Gasteiger partial charge < -0.3 is 15.8 Å². The van der Waals surface area contributed by atoms with Crippen molar-refractivity contribution in [2.45, 2.75) is 32.2 Å². The molecule has 2 rings (SSSR count). The lowest BCUT2D eigenvalue weighted by molar-refractivity contribution is 0.0943. The minimum Gasteiger partial charge on any atom is -0.493 e. The third-order valence-corrected chi connectivity index (χ3v) is 3.56. The third kappa shape index (κ3) is 3.70. The zero-order valence-corrected chi connectivity index (χ0v) is 11.4. The lowest BCUT2D eigenvalue weighted by Crippen LogP contribution is -2.29. The molecule has 1 saturated carbocycles. The molecule has 2 unspecified atom stereocenters. The van der Waals surface area contributed by atoms with Crippen LogP contribution >= 0.6 is 0 Å². The number of hydrogen-bond acceptors (Lipinski definition) is 3. The van der Waals surface area contributed by atoms with Gasteiger partial charge in [0, 0.05) is 12.6 Å². The van der Waals surface area contributed by atoms with Gasteiger partial charge >= 0.3 is 0 Å². The maximum absolute atomic E-state index is 12.2. The summed E-state index contributed by atoms with van der Waals surface area (Å²) in [5.41, 5.74) is 6.48. The molecule has 0 aromatic heterocycles. The number of hydrogen-bond donors (Lipinski definition) is 2. The molecule has 0 spiro atoms. The zero-order chi connectivity index (χ0) is 13.7. The highest BCUT2D eigenvalue weighted by Crippen LogP contribution is 2.23. The summed E-state index contributed by atoms with van der Waals surface area (Å²) < 4.78 is 5.47. The van der Waals surface area contributed by atoms with Gasteiger partial charge in [-0.25, -0.2) is 0 Å². The van der Waals surface area contributed by atoms with Gasteiger partial charge in [-0.15, -0.1) is 0 Å². The Morgan fingerprint density at radius 2 is 2.21 bits per heavy atom. The summed E-state index contributed by atoms with van der Waals surface area (Å²) >= 11 is 0. The van der Waals surface area contributed by atoms with Crippen LogP contribution < -0.4 is 15.8 Å². The van der Waals surface area contributed by atoms with Gasteiger partial charge in [-0.1, -0.05) is 12.1 Å². The lowest BCUT2D eigenvalue weighted by atomic mass is 10.1. The van der Waals surface area contributed by atoms with Crippen LogP contribution in [-0.4, -0.2) is 25.1 Å². The fourth-order valence-corrected chi connectivity index (χ4v) is 2.57. The van der Waals surface area contributed by atoms with Crippen LogP contribution in [0, 0.1) is 5.92 Å². The molecule has 0 bridgehead atoms. The van der Waals surface area contributed by atoms with Gasteiger partial charge in [0.05, 0.1) is 12.2 Å². The van der Waals surface area contributed by atoms with Gasteiger partial charge in [-0.05, 0) is 44.2 Å². The van der Waals surface area contributed by atoms with E-state index in [4.69, 9.17) is 10.5 Å². The molecule has 0 radical (unpaired) electrons. The van der Waals surface area contributed by atoms with Crippen molar-refractivity contribution in [2.24, 2.45) is 11.7 Å². The average Bonchev–Trinajstić information content (AvgIpc) is 2.83. The Labute approximate surface area is 114 Å². The number of benzene rings is 1. The number of carbonyl (C=O) groups is 1. The highest BCUT2D eigenvalue weighted by molar-refractivity contribution is 5.96. The number of ether oxygens (including phenoxy) is 1. The molecule has 0 heterocycles. The van der Waals surface area contributed by atoms with Crippen LogP contribution in [0.15, 0.2) is 24.3 Å². The molecule has 1 fully saturated rings. The van der Waals surface area contributed by atoms with Crippen molar-refractivity contribution >= 4 is 5.91 Å². The number of nitrogens with one attached hydrogen (secondary N) is 1. The van der Waals surface area contributed by atoms with Gasteiger partial charge in [0.1, 0.15) is 5.75 Å². The summed E-state index contributed by atoms with van der Waals surface area (Å²) in [7, 11) is 0. The second-order valence-electron chi connectivity index (χ2n) is 5.08. The molecule has 1 aliphatic carbocycles. The van der Waals surface area contributed by atoms with Crippen molar-refractivity contribution in [3.8, 4) is 5.75 Å².